The van der Waals surface area contributed by atoms with E-state index in [0.717, 1.165) is 12.8 Å². The van der Waals surface area contributed by atoms with Gasteiger partial charge in [0.1, 0.15) is 0 Å². The van der Waals surface area contributed by atoms with Gasteiger partial charge < -0.3 is 20.1 Å². The maximum atomic E-state index is 12.0. The molecule has 0 aliphatic carbocycles. The smallest absolute Gasteiger partial charge is 0.315 e. The Hall–Kier alpha value is -0.900. The molecule has 0 spiro atoms. The normalized spacial score (nSPS) is 21.9. The number of rotatable bonds is 5. The SMILES string of the molecule is O=C(NCCS(=O)(=O)N1CCOCC1)NC1CCOCC1. The zero-order chi connectivity index (χ0) is 15.1. The number of urea groups is 1. The Morgan fingerprint density at radius 1 is 1.10 bits per heavy atom. The van der Waals surface area contributed by atoms with E-state index in [1.165, 1.54) is 4.31 Å². The van der Waals surface area contributed by atoms with Gasteiger partial charge in [-0.15, -0.1) is 0 Å². The van der Waals surface area contributed by atoms with E-state index in [1.807, 2.05) is 0 Å². The Kier molecular flexibility index (Phi) is 6.22. The van der Waals surface area contributed by atoms with E-state index in [1.54, 1.807) is 0 Å². The van der Waals surface area contributed by atoms with E-state index in [4.69, 9.17) is 9.47 Å². The van der Waals surface area contributed by atoms with Crippen molar-refractivity contribution in [3.05, 3.63) is 0 Å². The van der Waals surface area contributed by atoms with E-state index in [-0.39, 0.29) is 24.4 Å². The fourth-order valence-electron chi connectivity index (χ4n) is 2.33. The molecule has 2 N–H and O–H groups in total. The van der Waals surface area contributed by atoms with Crippen molar-refractivity contribution < 1.29 is 22.7 Å². The fourth-order valence-corrected chi connectivity index (χ4v) is 3.65. The van der Waals surface area contributed by atoms with E-state index in [0.29, 0.717) is 39.5 Å². The van der Waals surface area contributed by atoms with Gasteiger partial charge in [-0.25, -0.2) is 13.2 Å². The summed E-state index contributed by atoms with van der Waals surface area (Å²) in [6.45, 7) is 3.03. The average molecular weight is 321 g/mol. The second-order valence-corrected chi connectivity index (χ2v) is 7.20. The van der Waals surface area contributed by atoms with Gasteiger partial charge in [-0.3, -0.25) is 0 Å². The molecule has 8 nitrogen and oxygen atoms in total. The van der Waals surface area contributed by atoms with Crippen LogP contribution in [0.5, 0.6) is 0 Å². The van der Waals surface area contributed by atoms with Crippen LogP contribution in [0.2, 0.25) is 0 Å². The summed E-state index contributed by atoms with van der Waals surface area (Å²) >= 11 is 0. The molecule has 2 aliphatic rings. The van der Waals surface area contributed by atoms with Crippen molar-refractivity contribution in [3.63, 3.8) is 0 Å². The van der Waals surface area contributed by atoms with Gasteiger partial charge in [0.05, 0.1) is 19.0 Å². The summed E-state index contributed by atoms with van der Waals surface area (Å²) in [6.07, 6.45) is 1.58. The van der Waals surface area contributed by atoms with Crippen molar-refractivity contribution in [2.45, 2.75) is 18.9 Å². The first-order valence-corrected chi connectivity index (χ1v) is 8.86. The highest BCUT2D eigenvalue weighted by Crippen LogP contribution is 2.06. The second kappa shape index (κ2) is 7.92. The van der Waals surface area contributed by atoms with Crippen LogP contribution in [0.1, 0.15) is 12.8 Å². The molecule has 21 heavy (non-hydrogen) atoms. The molecule has 0 unspecified atom stereocenters. The Bertz CT molecular complexity index is 430. The van der Waals surface area contributed by atoms with Gasteiger partial charge >= 0.3 is 6.03 Å². The van der Waals surface area contributed by atoms with Crippen LogP contribution in [0, 0.1) is 0 Å². The van der Waals surface area contributed by atoms with Crippen molar-refractivity contribution >= 4 is 16.1 Å². The quantitative estimate of drug-likeness (QED) is 0.686. The number of carbonyl (C=O) groups excluding carboxylic acids is 1. The molecular formula is C12H23N3O5S. The summed E-state index contributed by atoms with van der Waals surface area (Å²) < 4.78 is 35.8. The minimum absolute atomic E-state index is 0.0891. The molecule has 0 radical (unpaired) electrons. The minimum atomic E-state index is -3.32. The van der Waals surface area contributed by atoms with E-state index in [9.17, 15) is 13.2 Å². The summed E-state index contributed by atoms with van der Waals surface area (Å²) in [4.78, 5) is 11.7. The zero-order valence-electron chi connectivity index (χ0n) is 12.0. The molecule has 2 amide bonds. The van der Waals surface area contributed by atoms with Gasteiger partial charge in [0.15, 0.2) is 0 Å². The van der Waals surface area contributed by atoms with Crippen LogP contribution >= 0.6 is 0 Å². The number of sulfonamides is 1. The summed E-state index contributed by atoms with van der Waals surface area (Å²) in [7, 11) is -3.32. The molecule has 2 rings (SSSR count). The number of nitrogens with zero attached hydrogens (tertiary/aromatic N) is 1. The molecule has 0 saturated carbocycles. The van der Waals surface area contributed by atoms with Crippen molar-refractivity contribution in [3.8, 4) is 0 Å². The molecule has 0 aromatic carbocycles. The Morgan fingerprint density at radius 3 is 2.38 bits per heavy atom. The van der Waals surface area contributed by atoms with Gasteiger partial charge in [-0.1, -0.05) is 0 Å². The highest BCUT2D eigenvalue weighted by atomic mass is 32.2. The first-order valence-electron chi connectivity index (χ1n) is 7.25. The predicted octanol–water partition coefficient (Wildman–Crippen LogP) is -0.873. The predicted molar refractivity (Wildman–Crippen MR) is 76.6 cm³/mol. The van der Waals surface area contributed by atoms with Gasteiger partial charge in [-0.2, -0.15) is 4.31 Å². The number of nitrogens with one attached hydrogen (secondary N) is 2. The van der Waals surface area contributed by atoms with Gasteiger partial charge in [0, 0.05) is 38.9 Å². The van der Waals surface area contributed by atoms with Crippen molar-refractivity contribution in [1.29, 1.82) is 0 Å². The van der Waals surface area contributed by atoms with Crippen molar-refractivity contribution in [1.82, 2.24) is 14.9 Å². The molecule has 0 aromatic heterocycles. The Labute approximate surface area is 125 Å². The number of morpholine rings is 1. The van der Waals surface area contributed by atoms with Gasteiger partial charge in [0.25, 0.3) is 0 Å². The lowest BCUT2D eigenvalue weighted by atomic mass is 10.1. The van der Waals surface area contributed by atoms with Crippen LogP contribution in [0.15, 0.2) is 0 Å². The zero-order valence-corrected chi connectivity index (χ0v) is 12.9. The molecule has 2 aliphatic heterocycles. The molecule has 2 fully saturated rings. The first-order chi connectivity index (χ1) is 10.1. The number of ether oxygens (including phenoxy) is 2. The third kappa shape index (κ3) is 5.42. The van der Waals surface area contributed by atoms with Crippen LogP contribution in [-0.2, 0) is 19.5 Å². The second-order valence-electron chi connectivity index (χ2n) is 5.11. The highest BCUT2D eigenvalue weighted by molar-refractivity contribution is 7.89. The lowest BCUT2D eigenvalue weighted by Gasteiger charge is -2.26. The van der Waals surface area contributed by atoms with Crippen LogP contribution in [-0.4, -0.2) is 76.6 Å². The fraction of sp³-hybridized carbons (Fsp3) is 0.917. The van der Waals surface area contributed by atoms with E-state index in [2.05, 4.69) is 10.6 Å². The van der Waals surface area contributed by atoms with Crippen molar-refractivity contribution in [2.24, 2.45) is 0 Å². The van der Waals surface area contributed by atoms with Gasteiger partial charge in [-0.05, 0) is 12.8 Å². The molecule has 0 aromatic rings. The molecule has 0 bridgehead atoms. The van der Waals surface area contributed by atoms with Crippen LogP contribution in [0.4, 0.5) is 4.79 Å². The molecule has 122 valence electrons. The van der Waals surface area contributed by atoms with E-state index >= 15 is 0 Å². The molecule has 2 heterocycles. The molecular weight excluding hydrogens is 298 g/mol. The topological polar surface area (TPSA) is 97.0 Å². The summed E-state index contributed by atoms with van der Waals surface area (Å²) in [5.41, 5.74) is 0. The standard InChI is InChI=1S/C12H23N3O5S/c16-12(14-11-1-6-19-7-2-11)13-3-10-21(17,18)15-4-8-20-9-5-15/h11H,1-10H2,(H2,13,14,16). The molecule has 2 saturated heterocycles. The average Bonchev–Trinajstić information content (AvgIpc) is 2.49. The summed E-state index contributed by atoms with van der Waals surface area (Å²) in [6, 6.07) is -0.214. The minimum Gasteiger partial charge on any atom is -0.381 e. The first kappa shape index (κ1) is 16.5. The Balaban J connectivity index is 1.66. The maximum Gasteiger partial charge on any atom is 0.315 e. The van der Waals surface area contributed by atoms with Crippen LogP contribution in [0.3, 0.4) is 0 Å². The third-order valence-corrected chi connectivity index (χ3v) is 5.44. The lowest BCUT2D eigenvalue weighted by Crippen LogP contribution is -2.47. The highest BCUT2D eigenvalue weighted by Gasteiger charge is 2.24. The number of hydrogen-bond acceptors (Lipinski definition) is 5. The largest absolute Gasteiger partial charge is 0.381 e. The maximum absolute atomic E-state index is 12.0. The van der Waals surface area contributed by atoms with Gasteiger partial charge in [0.2, 0.25) is 10.0 Å². The molecule has 0 atom stereocenters. The third-order valence-electron chi connectivity index (χ3n) is 3.57. The summed E-state index contributed by atoms with van der Waals surface area (Å²) in [5, 5.41) is 5.42. The number of hydrogen-bond donors (Lipinski definition) is 2. The number of carbonyl (C=O) groups is 1. The van der Waals surface area contributed by atoms with Crippen LogP contribution < -0.4 is 10.6 Å². The van der Waals surface area contributed by atoms with Crippen LogP contribution in [0.25, 0.3) is 0 Å². The monoisotopic (exact) mass is 321 g/mol. The van der Waals surface area contributed by atoms with Crippen molar-refractivity contribution in [2.75, 3.05) is 51.8 Å². The lowest BCUT2D eigenvalue weighted by molar-refractivity contribution is 0.0730. The van der Waals surface area contributed by atoms with E-state index < -0.39 is 10.0 Å². The Morgan fingerprint density at radius 2 is 1.71 bits per heavy atom. The molecule has 9 heteroatoms. The summed E-state index contributed by atoms with van der Waals surface area (Å²) in [5.74, 6) is -0.0891. The number of amides is 2.